The fourth-order valence-corrected chi connectivity index (χ4v) is 2.20. The Morgan fingerprint density at radius 2 is 1.48 bits per heavy atom. The van der Waals surface area contributed by atoms with Crippen LogP contribution in [-0.4, -0.2) is 34.3 Å². The predicted molar refractivity (Wildman–Crippen MR) is 96.8 cm³/mol. The number of carbonyl (C=O) groups is 1. The SMILES string of the molecule is COc1cc(NC(=O)/C=C/c2cc(OC)ccc2OC)cc(OC)c1. The van der Waals surface area contributed by atoms with Crippen LogP contribution in [0.2, 0.25) is 0 Å². The molecule has 2 rings (SSSR count). The number of anilines is 1. The van der Waals surface area contributed by atoms with E-state index in [9.17, 15) is 4.79 Å². The Morgan fingerprint density at radius 1 is 0.840 bits per heavy atom. The van der Waals surface area contributed by atoms with Gasteiger partial charge in [0, 0.05) is 35.5 Å². The van der Waals surface area contributed by atoms with Crippen molar-refractivity contribution < 1.29 is 23.7 Å². The highest BCUT2D eigenvalue weighted by molar-refractivity contribution is 6.02. The van der Waals surface area contributed by atoms with Gasteiger partial charge >= 0.3 is 0 Å². The van der Waals surface area contributed by atoms with E-state index in [1.165, 1.54) is 6.08 Å². The number of rotatable bonds is 7. The van der Waals surface area contributed by atoms with E-state index in [-0.39, 0.29) is 5.91 Å². The molecule has 0 saturated carbocycles. The van der Waals surface area contributed by atoms with Gasteiger partial charge in [-0.05, 0) is 24.3 Å². The van der Waals surface area contributed by atoms with Crippen molar-refractivity contribution in [3.63, 3.8) is 0 Å². The van der Waals surface area contributed by atoms with E-state index < -0.39 is 0 Å². The van der Waals surface area contributed by atoms with Crippen LogP contribution in [0.15, 0.2) is 42.5 Å². The van der Waals surface area contributed by atoms with Crippen LogP contribution in [0.3, 0.4) is 0 Å². The number of benzene rings is 2. The van der Waals surface area contributed by atoms with Gasteiger partial charge in [-0.25, -0.2) is 0 Å². The Kier molecular flexibility index (Phi) is 6.28. The predicted octanol–water partition coefficient (Wildman–Crippen LogP) is 3.37. The molecule has 0 unspecified atom stereocenters. The number of amides is 1. The molecule has 0 spiro atoms. The van der Waals surface area contributed by atoms with Gasteiger partial charge < -0.3 is 24.3 Å². The summed E-state index contributed by atoms with van der Waals surface area (Å²) in [6.07, 6.45) is 3.08. The third-order valence-electron chi connectivity index (χ3n) is 3.47. The zero-order chi connectivity index (χ0) is 18.2. The summed E-state index contributed by atoms with van der Waals surface area (Å²) >= 11 is 0. The lowest BCUT2D eigenvalue weighted by Crippen LogP contribution is -2.08. The van der Waals surface area contributed by atoms with Crippen LogP contribution in [-0.2, 0) is 4.79 Å². The van der Waals surface area contributed by atoms with Gasteiger partial charge in [0.1, 0.15) is 23.0 Å². The molecular weight excluding hydrogens is 322 g/mol. The Hall–Kier alpha value is -3.15. The summed E-state index contributed by atoms with van der Waals surface area (Å²) in [7, 11) is 6.25. The third kappa shape index (κ3) is 4.91. The number of hydrogen-bond donors (Lipinski definition) is 1. The summed E-state index contributed by atoms with van der Waals surface area (Å²) in [6, 6.07) is 10.5. The quantitative estimate of drug-likeness (QED) is 0.781. The molecule has 6 heteroatoms. The van der Waals surface area contributed by atoms with Gasteiger partial charge in [-0.3, -0.25) is 4.79 Å². The van der Waals surface area contributed by atoms with Crippen LogP contribution >= 0.6 is 0 Å². The van der Waals surface area contributed by atoms with E-state index in [1.807, 2.05) is 0 Å². The summed E-state index contributed by atoms with van der Waals surface area (Å²) in [6.45, 7) is 0. The van der Waals surface area contributed by atoms with Gasteiger partial charge in [0.2, 0.25) is 5.91 Å². The molecular formula is C19H21NO5. The van der Waals surface area contributed by atoms with E-state index in [0.717, 1.165) is 5.56 Å². The summed E-state index contributed by atoms with van der Waals surface area (Å²) in [5.74, 6) is 2.22. The van der Waals surface area contributed by atoms with Crippen LogP contribution in [0.1, 0.15) is 5.56 Å². The van der Waals surface area contributed by atoms with Crippen molar-refractivity contribution in [3.8, 4) is 23.0 Å². The molecule has 0 saturated heterocycles. The maximum absolute atomic E-state index is 12.2. The van der Waals surface area contributed by atoms with Crippen molar-refractivity contribution in [1.82, 2.24) is 0 Å². The smallest absolute Gasteiger partial charge is 0.248 e. The minimum atomic E-state index is -0.292. The lowest BCUT2D eigenvalue weighted by atomic mass is 10.1. The van der Waals surface area contributed by atoms with Gasteiger partial charge in [0.05, 0.1) is 28.4 Å². The molecule has 0 aliphatic rings. The molecule has 1 amide bonds. The van der Waals surface area contributed by atoms with Crippen LogP contribution in [0.25, 0.3) is 6.08 Å². The normalized spacial score (nSPS) is 10.4. The Morgan fingerprint density at radius 3 is 2.04 bits per heavy atom. The molecule has 2 aromatic carbocycles. The summed E-state index contributed by atoms with van der Waals surface area (Å²) in [4.78, 5) is 12.2. The van der Waals surface area contributed by atoms with E-state index >= 15 is 0 Å². The number of nitrogens with one attached hydrogen (secondary N) is 1. The van der Waals surface area contributed by atoms with Crippen LogP contribution in [0.4, 0.5) is 5.69 Å². The molecule has 2 aromatic rings. The first-order chi connectivity index (χ1) is 12.1. The molecule has 0 bridgehead atoms. The second kappa shape index (κ2) is 8.63. The molecule has 6 nitrogen and oxygen atoms in total. The maximum Gasteiger partial charge on any atom is 0.248 e. The highest BCUT2D eigenvalue weighted by Gasteiger charge is 2.06. The van der Waals surface area contributed by atoms with E-state index in [0.29, 0.717) is 28.7 Å². The lowest BCUT2D eigenvalue weighted by molar-refractivity contribution is -0.111. The fraction of sp³-hybridized carbons (Fsp3) is 0.211. The van der Waals surface area contributed by atoms with Crippen molar-refractivity contribution in [3.05, 3.63) is 48.0 Å². The lowest BCUT2D eigenvalue weighted by Gasteiger charge is -2.09. The monoisotopic (exact) mass is 343 g/mol. The molecule has 0 radical (unpaired) electrons. The highest BCUT2D eigenvalue weighted by Crippen LogP contribution is 2.27. The molecule has 0 aromatic heterocycles. The van der Waals surface area contributed by atoms with E-state index in [4.69, 9.17) is 18.9 Å². The average molecular weight is 343 g/mol. The molecule has 132 valence electrons. The molecule has 1 N–H and O–H groups in total. The van der Waals surface area contributed by atoms with Crippen molar-refractivity contribution in [2.45, 2.75) is 0 Å². The number of carbonyl (C=O) groups excluding carboxylic acids is 1. The molecule has 0 aliphatic carbocycles. The second-order valence-corrected chi connectivity index (χ2v) is 5.03. The maximum atomic E-state index is 12.2. The van der Waals surface area contributed by atoms with Gasteiger partial charge in [0.15, 0.2) is 0 Å². The standard InChI is InChI=1S/C19H21NO5/c1-22-15-6-7-18(25-4)13(9-15)5-8-19(21)20-14-10-16(23-2)12-17(11-14)24-3/h5-12H,1-4H3,(H,20,21)/b8-5+. The number of ether oxygens (including phenoxy) is 4. The highest BCUT2D eigenvalue weighted by atomic mass is 16.5. The summed E-state index contributed by atoms with van der Waals surface area (Å²) in [5.41, 5.74) is 1.31. The minimum absolute atomic E-state index is 0.292. The molecule has 0 fully saturated rings. The van der Waals surface area contributed by atoms with Crippen molar-refractivity contribution in [2.24, 2.45) is 0 Å². The summed E-state index contributed by atoms with van der Waals surface area (Å²) in [5, 5.41) is 2.77. The molecule has 0 atom stereocenters. The molecule has 0 aliphatic heterocycles. The van der Waals surface area contributed by atoms with Crippen molar-refractivity contribution in [1.29, 1.82) is 0 Å². The average Bonchev–Trinajstić information content (AvgIpc) is 2.65. The number of methoxy groups -OCH3 is 4. The van der Waals surface area contributed by atoms with Gasteiger partial charge in [0.25, 0.3) is 0 Å². The molecule has 25 heavy (non-hydrogen) atoms. The Bertz CT molecular complexity index is 748. The first-order valence-corrected chi connectivity index (χ1v) is 7.53. The van der Waals surface area contributed by atoms with Crippen molar-refractivity contribution in [2.75, 3.05) is 33.8 Å². The summed E-state index contributed by atoms with van der Waals surface area (Å²) < 4.78 is 20.8. The van der Waals surface area contributed by atoms with Gasteiger partial charge in [-0.1, -0.05) is 0 Å². The van der Waals surface area contributed by atoms with Crippen LogP contribution < -0.4 is 24.3 Å². The fourth-order valence-electron chi connectivity index (χ4n) is 2.20. The van der Waals surface area contributed by atoms with Crippen LogP contribution in [0.5, 0.6) is 23.0 Å². The first kappa shape index (κ1) is 18.2. The second-order valence-electron chi connectivity index (χ2n) is 5.03. The van der Waals surface area contributed by atoms with Crippen LogP contribution in [0, 0.1) is 0 Å². The largest absolute Gasteiger partial charge is 0.497 e. The zero-order valence-corrected chi connectivity index (χ0v) is 14.7. The van der Waals surface area contributed by atoms with Crippen molar-refractivity contribution >= 4 is 17.7 Å². The van der Waals surface area contributed by atoms with E-state index in [2.05, 4.69) is 5.32 Å². The van der Waals surface area contributed by atoms with E-state index in [1.54, 1.807) is 70.9 Å². The topological polar surface area (TPSA) is 66.0 Å². The van der Waals surface area contributed by atoms with Gasteiger partial charge in [-0.15, -0.1) is 0 Å². The first-order valence-electron chi connectivity index (χ1n) is 7.53. The van der Waals surface area contributed by atoms with Gasteiger partial charge in [-0.2, -0.15) is 0 Å². The Balaban J connectivity index is 2.16. The zero-order valence-electron chi connectivity index (χ0n) is 14.7. The Labute approximate surface area is 147 Å². The number of hydrogen-bond acceptors (Lipinski definition) is 5. The molecule has 0 heterocycles. The minimum Gasteiger partial charge on any atom is -0.497 e. The third-order valence-corrected chi connectivity index (χ3v) is 3.47.